The molecule has 3 nitrogen and oxygen atoms in total. The lowest BCUT2D eigenvalue weighted by Crippen LogP contribution is -2.27. The number of halogens is 2. The van der Waals surface area contributed by atoms with Gasteiger partial charge in [0.05, 0.1) is 12.9 Å². The number of carbonyl (C=O) groups is 1. The number of benzene rings is 2. The lowest BCUT2D eigenvalue weighted by Gasteiger charge is -2.07. The summed E-state index contributed by atoms with van der Waals surface area (Å²) >= 11 is 1.04. The van der Waals surface area contributed by atoms with Gasteiger partial charge in [0.25, 0.3) is 0 Å². The molecule has 1 N–H and O–H groups in total. The van der Waals surface area contributed by atoms with Crippen LogP contribution in [0.2, 0.25) is 0 Å². The highest BCUT2D eigenvalue weighted by Gasteiger charge is 2.07. The predicted octanol–water partition coefficient (Wildman–Crippen LogP) is 3.42. The van der Waals surface area contributed by atoms with Gasteiger partial charge in [0, 0.05) is 17.5 Å². The molecule has 0 unspecified atom stereocenters. The monoisotopic (exact) mass is 337 g/mol. The van der Waals surface area contributed by atoms with E-state index in [1.54, 1.807) is 7.11 Å². The highest BCUT2D eigenvalue weighted by Crippen LogP contribution is 2.22. The fourth-order valence-electron chi connectivity index (χ4n) is 1.93. The van der Waals surface area contributed by atoms with E-state index in [-0.39, 0.29) is 16.6 Å². The van der Waals surface area contributed by atoms with Crippen LogP contribution >= 0.6 is 11.8 Å². The van der Waals surface area contributed by atoms with E-state index in [9.17, 15) is 13.6 Å². The summed E-state index contributed by atoms with van der Waals surface area (Å²) in [6.07, 6.45) is 0.700. The maximum Gasteiger partial charge on any atom is 0.230 e. The highest BCUT2D eigenvalue weighted by molar-refractivity contribution is 8.00. The molecular formula is C17H17F2NO2S. The van der Waals surface area contributed by atoms with Gasteiger partial charge in [-0.3, -0.25) is 4.79 Å². The van der Waals surface area contributed by atoms with Crippen molar-refractivity contribution in [2.45, 2.75) is 11.3 Å². The second kappa shape index (κ2) is 8.53. The number of rotatable bonds is 7. The molecule has 2 aromatic carbocycles. The molecule has 23 heavy (non-hydrogen) atoms. The summed E-state index contributed by atoms with van der Waals surface area (Å²) in [6, 6.07) is 10.9. The molecule has 122 valence electrons. The highest BCUT2D eigenvalue weighted by atomic mass is 32.2. The fourth-order valence-corrected chi connectivity index (χ4v) is 2.67. The summed E-state index contributed by atoms with van der Waals surface area (Å²) in [6.45, 7) is 0.498. The van der Waals surface area contributed by atoms with Crippen LogP contribution in [-0.2, 0) is 11.2 Å². The average molecular weight is 337 g/mol. The summed E-state index contributed by atoms with van der Waals surface area (Å²) in [5, 5.41) is 2.77. The largest absolute Gasteiger partial charge is 0.497 e. The molecule has 0 aromatic heterocycles. The molecule has 0 atom stereocenters. The number of methoxy groups -OCH3 is 1. The Morgan fingerprint density at radius 3 is 2.57 bits per heavy atom. The van der Waals surface area contributed by atoms with Gasteiger partial charge in [0.2, 0.25) is 5.91 Å². The van der Waals surface area contributed by atoms with Gasteiger partial charge in [-0.25, -0.2) is 8.78 Å². The van der Waals surface area contributed by atoms with E-state index in [2.05, 4.69) is 5.32 Å². The van der Waals surface area contributed by atoms with Gasteiger partial charge in [-0.1, -0.05) is 12.1 Å². The van der Waals surface area contributed by atoms with E-state index in [1.165, 1.54) is 12.1 Å². The van der Waals surface area contributed by atoms with Crippen molar-refractivity contribution in [2.24, 2.45) is 0 Å². The van der Waals surface area contributed by atoms with E-state index < -0.39 is 11.6 Å². The molecule has 0 aliphatic heterocycles. The van der Waals surface area contributed by atoms with E-state index in [4.69, 9.17) is 4.74 Å². The van der Waals surface area contributed by atoms with Gasteiger partial charge in [-0.2, -0.15) is 0 Å². The van der Waals surface area contributed by atoms with Crippen LogP contribution in [0.4, 0.5) is 8.78 Å². The molecule has 0 spiro atoms. The standard InChI is InChI=1S/C17H17F2NO2S/c1-22-14-5-2-12(3-6-14)8-9-20-17(21)11-23-16-7-4-13(18)10-15(16)19/h2-7,10H,8-9,11H2,1H3,(H,20,21). The number of hydrogen-bond acceptors (Lipinski definition) is 3. The predicted molar refractivity (Wildman–Crippen MR) is 86.8 cm³/mol. The second-order valence-corrected chi connectivity index (χ2v) is 5.83. The van der Waals surface area contributed by atoms with Gasteiger partial charge in [-0.05, 0) is 36.2 Å². The molecule has 2 aromatic rings. The van der Waals surface area contributed by atoms with Crippen LogP contribution in [0.25, 0.3) is 0 Å². The number of nitrogens with one attached hydrogen (secondary N) is 1. The molecule has 1 amide bonds. The van der Waals surface area contributed by atoms with Gasteiger partial charge < -0.3 is 10.1 Å². The maximum atomic E-state index is 13.4. The van der Waals surface area contributed by atoms with Crippen molar-refractivity contribution in [3.63, 3.8) is 0 Å². The lowest BCUT2D eigenvalue weighted by atomic mass is 10.1. The van der Waals surface area contributed by atoms with Crippen LogP contribution in [0.5, 0.6) is 5.75 Å². The van der Waals surface area contributed by atoms with E-state index in [0.717, 1.165) is 29.1 Å². The van der Waals surface area contributed by atoms with Crippen LogP contribution in [0.15, 0.2) is 47.4 Å². The first-order valence-corrected chi connectivity index (χ1v) is 8.04. The van der Waals surface area contributed by atoms with Gasteiger partial charge in [0.15, 0.2) is 0 Å². The summed E-state index contributed by atoms with van der Waals surface area (Å²) in [5.74, 6) is -0.592. The molecule has 0 aliphatic rings. The van der Waals surface area contributed by atoms with Gasteiger partial charge in [0.1, 0.15) is 17.4 Å². The SMILES string of the molecule is COc1ccc(CCNC(=O)CSc2ccc(F)cc2F)cc1. The zero-order valence-corrected chi connectivity index (χ0v) is 13.5. The topological polar surface area (TPSA) is 38.3 Å². The van der Waals surface area contributed by atoms with Crippen LogP contribution in [0.1, 0.15) is 5.56 Å². The summed E-state index contributed by atoms with van der Waals surface area (Å²) in [7, 11) is 1.61. The second-order valence-electron chi connectivity index (χ2n) is 4.81. The molecule has 0 heterocycles. The number of hydrogen-bond donors (Lipinski definition) is 1. The minimum absolute atomic E-state index is 0.0885. The van der Waals surface area contributed by atoms with Crippen LogP contribution in [0.3, 0.4) is 0 Å². The van der Waals surface area contributed by atoms with Crippen molar-refractivity contribution in [1.82, 2.24) is 5.32 Å². The lowest BCUT2D eigenvalue weighted by molar-refractivity contribution is -0.118. The van der Waals surface area contributed by atoms with Gasteiger partial charge >= 0.3 is 0 Å². The van der Waals surface area contributed by atoms with Crippen molar-refractivity contribution in [2.75, 3.05) is 19.4 Å². The van der Waals surface area contributed by atoms with E-state index >= 15 is 0 Å². The average Bonchev–Trinajstić information content (AvgIpc) is 2.54. The van der Waals surface area contributed by atoms with Crippen molar-refractivity contribution >= 4 is 17.7 Å². The molecule has 0 saturated heterocycles. The Kier molecular flexibility index (Phi) is 6.40. The van der Waals surface area contributed by atoms with Crippen LogP contribution in [-0.4, -0.2) is 25.3 Å². The Morgan fingerprint density at radius 2 is 1.91 bits per heavy atom. The third-order valence-electron chi connectivity index (χ3n) is 3.15. The molecule has 0 fully saturated rings. The minimum Gasteiger partial charge on any atom is -0.497 e. The number of ether oxygens (including phenoxy) is 1. The van der Waals surface area contributed by atoms with Crippen molar-refractivity contribution in [3.8, 4) is 5.75 Å². The quantitative estimate of drug-likeness (QED) is 0.787. The third-order valence-corrected chi connectivity index (χ3v) is 4.20. The smallest absolute Gasteiger partial charge is 0.230 e. The van der Waals surface area contributed by atoms with Crippen molar-refractivity contribution < 1.29 is 18.3 Å². The van der Waals surface area contributed by atoms with Crippen LogP contribution < -0.4 is 10.1 Å². The first-order chi connectivity index (χ1) is 11.1. The summed E-state index contributed by atoms with van der Waals surface area (Å²) in [4.78, 5) is 12.0. The first-order valence-electron chi connectivity index (χ1n) is 7.06. The Bertz CT molecular complexity index is 662. The van der Waals surface area contributed by atoms with Crippen LogP contribution in [0, 0.1) is 11.6 Å². The summed E-state index contributed by atoms with van der Waals surface area (Å²) < 4.78 is 31.3. The molecular weight excluding hydrogens is 320 g/mol. The van der Waals surface area contributed by atoms with E-state index in [1.807, 2.05) is 24.3 Å². The normalized spacial score (nSPS) is 10.4. The molecule has 0 aliphatic carbocycles. The zero-order chi connectivity index (χ0) is 16.7. The Hall–Kier alpha value is -2.08. The Labute approximate surface area is 138 Å². The molecule has 6 heteroatoms. The molecule has 0 bridgehead atoms. The van der Waals surface area contributed by atoms with Crippen molar-refractivity contribution in [3.05, 3.63) is 59.7 Å². The molecule has 0 saturated carbocycles. The zero-order valence-electron chi connectivity index (χ0n) is 12.6. The molecule has 2 rings (SSSR count). The molecule has 0 radical (unpaired) electrons. The minimum atomic E-state index is -0.652. The fraction of sp³-hybridized carbons (Fsp3) is 0.235. The Morgan fingerprint density at radius 1 is 1.17 bits per heavy atom. The Balaban J connectivity index is 1.72. The first kappa shape index (κ1) is 17.3. The number of amides is 1. The van der Waals surface area contributed by atoms with Gasteiger partial charge in [-0.15, -0.1) is 11.8 Å². The van der Waals surface area contributed by atoms with Crippen molar-refractivity contribution in [1.29, 1.82) is 0 Å². The maximum absolute atomic E-state index is 13.4. The number of carbonyl (C=O) groups excluding carboxylic acids is 1. The third kappa shape index (κ3) is 5.56. The number of thioether (sulfide) groups is 1. The summed E-state index contributed by atoms with van der Waals surface area (Å²) in [5.41, 5.74) is 1.09. The van der Waals surface area contributed by atoms with E-state index in [0.29, 0.717) is 13.0 Å².